The van der Waals surface area contributed by atoms with Crippen LogP contribution in [0.5, 0.6) is 0 Å². The zero-order chi connectivity index (χ0) is 21.6. The number of halogens is 1. The van der Waals surface area contributed by atoms with Crippen LogP contribution >= 0.6 is 11.6 Å². The third-order valence-corrected chi connectivity index (χ3v) is 5.48. The van der Waals surface area contributed by atoms with Gasteiger partial charge in [0.05, 0.1) is 13.1 Å². The molecule has 1 aromatic carbocycles. The van der Waals surface area contributed by atoms with Gasteiger partial charge in [0.25, 0.3) is 0 Å². The Morgan fingerprint density at radius 2 is 1.83 bits per heavy atom. The summed E-state index contributed by atoms with van der Waals surface area (Å²) in [6.45, 7) is 5.40. The largest absolute Gasteiger partial charge is 0.343 e. The van der Waals surface area contributed by atoms with Crippen LogP contribution in [0.4, 0.5) is 5.69 Å². The lowest BCUT2D eigenvalue weighted by Crippen LogP contribution is -2.47. The van der Waals surface area contributed by atoms with Gasteiger partial charge in [-0.05, 0) is 51.9 Å². The number of anilines is 1. The first-order valence-corrected chi connectivity index (χ1v) is 10.3. The SMILES string of the molecule is CC(C)N(C)C(=O)C1CCN(C(=O)CN(C)CC(=O)Nc2cccc(Cl)c2)CC1. The molecule has 0 saturated carbocycles. The molecule has 1 aliphatic rings. The van der Waals surface area contributed by atoms with Crippen molar-refractivity contribution in [3.05, 3.63) is 29.3 Å². The van der Waals surface area contributed by atoms with E-state index in [0.29, 0.717) is 36.6 Å². The normalized spacial score (nSPS) is 14.9. The highest BCUT2D eigenvalue weighted by molar-refractivity contribution is 6.30. The monoisotopic (exact) mass is 422 g/mol. The number of benzene rings is 1. The molecule has 1 N–H and O–H groups in total. The van der Waals surface area contributed by atoms with Crippen LogP contribution in [0.2, 0.25) is 5.02 Å². The molecule has 3 amide bonds. The van der Waals surface area contributed by atoms with Crippen molar-refractivity contribution < 1.29 is 14.4 Å². The number of hydrogen-bond acceptors (Lipinski definition) is 4. The first-order chi connectivity index (χ1) is 13.7. The number of likely N-dealkylation sites (tertiary alicyclic amines) is 1. The topological polar surface area (TPSA) is 73.0 Å². The van der Waals surface area contributed by atoms with Gasteiger partial charge in [-0.15, -0.1) is 0 Å². The predicted molar refractivity (Wildman–Crippen MR) is 115 cm³/mol. The molecule has 8 heteroatoms. The van der Waals surface area contributed by atoms with Crippen molar-refractivity contribution in [2.24, 2.45) is 5.92 Å². The third kappa shape index (κ3) is 7.01. The van der Waals surface area contributed by atoms with Crippen molar-refractivity contribution >= 4 is 35.0 Å². The third-order valence-electron chi connectivity index (χ3n) is 5.25. The molecule has 29 heavy (non-hydrogen) atoms. The van der Waals surface area contributed by atoms with E-state index in [1.807, 2.05) is 20.9 Å². The summed E-state index contributed by atoms with van der Waals surface area (Å²) in [5.74, 6) is -0.0932. The van der Waals surface area contributed by atoms with Crippen molar-refractivity contribution in [1.82, 2.24) is 14.7 Å². The first-order valence-electron chi connectivity index (χ1n) is 9.95. The van der Waals surface area contributed by atoms with Gasteiger partial charge in [0.1, 0.15) is 0 Å². The fraction of sp³-hybridized carbons (Fsp3) is 0.571. The van der Waals surface area contributed by atoms with Crippen molar-refractivity contribution in [1.29, 1.82) is 0 Å². The lowest BCUT2D eigenvalue weighted by atomic mass is 9.95. The van der Waals surface area contributed by atoms with Crippen LogP contribution in [0.15, 0.2) is 24.3 Å². The molecule has 0 aromatic heterocycles. The summed E-state index contributed by atoms with van der Waals surface area (Å²) < 4.78 is 0. The number of hydrogen-bond donors (Lipinski definition) is 1. The Kier molecular flexibility index (Phi) is 8.46. The van der Waals surface area contributed by atoms with Crippen LogP contribution < -0.4 is 5.32 Å². The maximum atomic E-state index is 12.6. The van der Waals surface area contributed by atoms with Gasteiger partial charge >= 0.3 is 0 Å². The Morgan fingerprint density at radius 3 is 2.41 bits per heavy atom. The van der Waals surface area contributed by atoms with Crippen molar-refractivity contribution in [3.8, 4) is 0 Å². The minimum Gasteiger partial charge on any atom is -0.343 e. The van der Waals surface area contributed by atoms with Crippen molar-refractivity contribution in [2.45, 2.75) is 32.7 Å². The van der Waals surface area contributed by atoms with E-state index >= 15 is 0 Å². The van der Waals surface area contributed by atoms with Gasteiger partial charge in [0.2, 0.25) is 17.7 Å². The molecule has 0 unspecified atom stereocenters. The molecule has 1 saturated heterocycles. The Morgan fingerprint density at radius 1 is 1.17 bits per heavy atom. The molecular weight excluding hydrogens is 392 g/mol. The highest BCUT2D eigenvalue weighted by Gasteiger charge is 2.30. The van der Waals surface area contributed by atoms with E-state index in [0.717, 1.165) is 0 Å². The van der Waals surface area contributed by atoms with E-state index < -0.39 is 0 Å². The van der Waals surface area contributed by atoms with Crippen molar-refractivity contribution in [3.63, 3.8) is 0 Å². The van der Waals surface area contributed by atoms with E-state index in [9.17, 15) is 14.4 Å². The quantitative estimate of drug-likeness (QED) is 0.731. The Labute approximate surface area is 178 Å². The van der Waals surface area contributed by atoms with E-state index in [1.165, 1.54) is 0 Å². The second-order valence-corrected chi connectivity index (χ2v) is 8.37. The number of likely N-dealkylation sites (N-methyl/N-ethyl adjacent to an activating group) is 1. The minimum atomic E-state index is -0.205. The molecule has 0 radical (unpaired) electrons. The average Bonchev–Trinajstić information content (AvgIpc) is 2.66. The van der Waals surface area contributed by atoms with Gasteiger partial charge in [-0.25, -0.2) is 0 Å². The molecule has 1 heterocycles. The van der Waals surface area contributed by atoms with E-state index in [1.54, 1.807) is 46.0 Å². The maximum Gasteiger partial charge on any atom is 0.238 e. The highest BCUT2D eigenvalue weighted by Crippen LogP contribution is 2.20. The zero-order valence-corrected chi connectivity index (χ0v) is 18.4. The molecule has 160 valence electrons. The summed E-state index contributed by atoms with van der Waals surface area (Å²) in [6, 6.07) is 7.11. The fourth-order valence-electron chi connectivity index (χ4n) is 3.32. The van der Waals surface area contributed by atoms with Gasteiger partial charge in [-0.3, -0.25) is 19.3 Å². The number of amides is 3. The average molecular weight is 423 g/mol. The number of carbonyl (C=O) groups excluding carboxylic acids is 3. The Hall–Kier alpha value is -2.12. The molecular formula is C21H31ClN4O3. The number of nitrogens with one attached hydrogen (secondary N) is 1. The number of rotatable bonds is 7. The zero-order valence-electron chi connectivity index (χ0n) is 17.7. The second kappa shape index (κ2) is 10.6. The Balaban J connectivity index is 1.76. The number of piperidine rings is 1. The second-order valence-electron chi connectivity index (χ2n) is 7.93. The summed E-state index contributed by atoms with van der Waals surface area (Å²) >= 11 is 5.92. The van der Waals surface area contributed by atoms with E-state index in [4.69, 9.17) is 11.6 Å². The minimum absolute atomic E-state index is 0.0207. The molecule has 1 aromatic rings. The molecule has 0 spiro atoms. The Bertz CT molecular complexity index is 732. The maximum absolute atomic E-state index is 12.6. The van der Waals surface area contributed by atoms with Crippen LogP contribution in [0.1, 0.15) is 26.7 Å². The number of nitrogens with zero attached hydrogens (tertiary/aromatic N) is 3. The van der Waals surface area contributed by atoms with Crippen LogP contribution in [-0.4, -0.2) is 78.7 Å². The summed E-state index contributed by atoms with van der Waals surface area (Å²) in [7, 11) is 3.57. The summed E-state index contributed by atoms with van der Waals surface area (Å²) in [4.78, 5) is 42.4. The molecule has 0 atom stereocenters. The van der Waals surface area contributed by atoms with Crippen LogP contribution in [0, 0.1) is 5.92 Å². The van der Waals surface area contributed by atoms with Crippen LogP contribution in [0.25, 0.3) is 0 Å². The lowest BCUT2D eigenvalue weighted by molar-refractivity contribution is -0.141. The standard InChI is InChI=1S/C21H31ClN4O3/c1-15(2)25(4)21(29)16-8-10-26(11-9-16)20(28)14-24(3)13-19(27)23-18-7-5-6-17(22)12-18/h5-7,12,15-16H,8-11,13-14H2,1-4H3,(H,23,27). The van der Waals surface area contributed by atoms with Crippen molar-refractivity contribution in [2.75, 3.05) is 45.6 Å². The highest BCUT2D eigenvalue weighted by atomic mass is 35.5. The molecule has 1 fully saturated rings. The molecule has 7 nitrogen and oxygen atoms in total. The first kappa shape index (κ1) is 23.2. The molecule has 0 bridgehead atoms. The smallest absolute Gasteiger partial charge is 0.238 e. The summed E-state index contributed by atoms with van der Waals surface area (Å²) in [5.41, 5.74) is 0.625. The van der Waals surface area contributed by atoms with Crippen LogP contribution in [0.3, 0.4) is 0 Å². The summed E-state index contributed by atoms with van der Waals surface area (Å²) in [5, 5.41) is 3.32. The fourth-order valence-corrected chi connectivity index (χ4v) is 3.51. The molecule has 2 rings (SSSR count). The summed E-state index contributed by atoms with van der Waals surface area (Å²) in [6.07, 6.45) is 1.36. The van der Waals surface area contributed by atoms with Gasteiger partial charge in [0, 0.05) is 42.8 Å². The van der Waals surface area contributed by atoms with E-state index in [2.05, 4.69) is 5.32 Å². The van der Waals surface area contributed by atoms with Gasteiger partial charge in [0.15, 0.2) is 0 Å². The number of carbonyl (C=O) groups is 3. The van der Waals surface area contributed by atoms with Gasteiger partial charge in [-0.2, -0.15) is 0 Å². The molecule has 0 aliphatic carbocycles. The van der Waals surface area contributed by atoms with Gasteiger partial charge in [-0.1, -0.05) is 17.7 Å². The molecule has 1 aliphatic heterocycles. The van der Waals surface area contributed by atoms with Gasteiger partial charge < -0.3 is 15.1 Å². The van der Waals surface area contributed by atoms with Crippen LogP contribution in [-0.2, 0) is 14.4 Å². The lowest BCUT2D eigenvalue weighted by Gasteiger charge is -2.35. The predicted octanol–water partition coefficient (Wildman–Crippen LogP) is 2.32. The van der Waals surface area contributed by atoms with E-state index in [-0.39, 0.29) is 42.8 Å².